The number of ether oxygens (including phenoxy) is 1. The van der Waals surface area contributed by atoms with Crippen molar-refractivity contribution >= 4 is 22.0 Å². The summed E-state index contributed by atoms with van der Waals surface area (Å²) in [5.74, 6) is 0.452. The summed E-state index contributed by atoms with van der Waals surface area (Å²) in [6.45, 7) is 9.08. The smallest absolute Gasteiger partial charge is 0.408 e. The standard InChI is InChI=1S/C16H28BrNO3/c1-5-12(19)14(18-15(20)21-16(2,3)4)13(17)11-9-7-6-8-10-11/h5,11-14,19H,1,6-10H2,2-4H3,(H,18,20)/t12-,13-,14+/m0/s1. The van der Waals surface area contributed by atoms with Gasteiger partial charge in [-0.05, 0) is 39.5 Å². The topological polar surface area (TPSA) is 58.6 Å². The van der Waals surface area contributed by atoms with Gasteiger partial charge in [0, 0.05) is 4.83 Å². The van der Waals surface area contributed by atoms with Crippen LogP contribution in [0.15, 0.2) is 12.7 Å². The van der Waals surface area contributed by atoms with Crippen LogP contribution in [0.3, 0.4) is 0 Å². The van der Waals surface area contributed by atoms with Gasteiger partial charge in [-0.1, -0.05) is 41.3 Å². The molecule has 0 saturated heterocycles. The Morgan fingerprint density at radius 2 is 1.95 bits per heavy atom. The number of carbonyl (C=O) groups is 1. The highest BCUT2D eigenvalue weighted by Gasteiger charge is 2.34. The molecular formula is C16H28BrNO3. The number of hydrogen-bond acceptors (Lipinski definition) is 3. The molecule has 0 aromatic rings. The third-order valence-electron chi connectivity index (χ3n) is 3.74. The summed E-state index contributed by atoms with van der Waals surface area (Å²) >= 11 is 3.68. The number of hydrogen-bond donors (Lipinski definition) is 2. The zero-order valence-corrected chi connectivity index (χ0v) is 14.9. The number of alkyl carbamates (subject to hydrolysis) is 1. The van der Waals surface area contributed by atoms with Gasteiger partial charge in [-0.2, -0.15) is 0 Å². The van der Waals surface area contributed by atoms with Crippen LogP contribution in [0.1, 0.15) is 52.9 Å². The Hall–Kier alpha value is -0.550. The van der Waals surface area contributed by atoms with Crippen molar-refractivity contribution < 1.29 is 14.6 Å². The van der Waals surface area contributed by atoms with Gasteiger partial charge >= 0.3 is 6.09 Å². The Morgan fingerprint density at radius 3 is 2.43 bits per heavy atom. The molecule has 1 amide bonds. The van der Waals surface area contributed by atoms with E-state index in [0.717, 1.165) is 12.8 Å². The summed E-state index contributed by atoms with van der Waals surface area (Å²) in [5, 5.41) is 12.9. The lowest BCUT2D eigenvalue weighted by Gasteiger charge is -2.34. The van der Waals surface area contributed by atoms with Crippen LogP contribution in [0.5, 0.6) is 0 Å². The normalized spacial score (nSPS) is 21.2. The number of aliphatic hydroxyl groups excluding tert-OH is 1. The predicted molar refractivity (Wildman–Crippen MR) is 88.7 cm³/mol. The molecule has 4 nitrogen and oxygen atoms in total. The van der Waals surface area contributed by atoms with Crippen molar-refractivity contribution in [2.45, 2.75) is 75.4 Å². The third kappa shape index (κ3) is 6.39. The molecule has 1 aliphatic rings. The molecule has 2 N–H and O–H groups in total. The van der Waals surface area contributed by atoms with Gasteiger partial charge in [-0.25, -0.2) is 4.79 Å². The van der Waals surface area contributed by atoms with E-state index in [0.29, 0.717) is 5.92 Å². The molecule has 122 valence electrons. The molecule has 1 fully saturated rings. The summed E-state index contributed by atoms with van der Waals surface area (Å²) < 4.78 is 5.28. The molecule has 0 spiro atoms. The van der Waals surface area contributed by atoms with Gasteiger partial charge in [0.25, 0.3) is 0 Å². The average molecular weight is 362 g/mol. The minimum atomic E-state index is -0.802. The number of carbonyl (C=O) groups excluding carboxylic acids is 1. The first-order chi connectivity index (χ1) is 9.74. The van der Waals surface area contributed by atoms with Crippen LogP contribution in [0.2, 0.25) is 0 Å². The zero-order valence-electron chi connectivity index (χ0n) is 13.3. The highest BCUT2D eigenvalue weighted by atomic mass is 79.9. The number of rotatable bonds is 5. The monoisotopic (exact) mass is 361 g/mol. The van der Waals surface area contributed by atoms with Crippen molar-refractivity contribution in [3.8, 4) is 0 Å². The second-order valence-electron chi connectivity index (χ2n) is 6.74. The molecule has 1 saturated carbocycles. The fourth-order valence-electron chi connectivity index (χ4n) is 2.69. The van der Waals surface area contributed by atoms with Crippen LogP contribution in [0.25, 0.3) is 0 Å². The van der Waals surface area contributed by atoms with Gasteiger partial charge in [0.15, 0.2) is 0 Å². The quantitative estimate of drug-likeness (QED) is 0.578. The first-order valence-corrected chi connectivity index (χ1v) is 8.60. The molecule has 0 radical (unpaired) electrons. The lowest BCUT2D eigenvalue weighted by atomic mass is 9.83. The fraction of sp³-hybridized carbons (Fsp3) is 0.812. The first-order valence-electron chi connectivity index (χ1n) is 7.69. The molecule has 0 aromatic heterocycles. The summed E-state index contributed by atoms with van der Waals surface area (Å²) in [4.78, 5) is 12.0. The highest BCUT2D eigenvalue weighted by Crippen LogP contribution is 2.32. The fourth-order valence-corrected chi connectivity index (χ4v) is 3.66. The van der Waals surface area contributed by atoms with Crippen molar-refractivity contribution in [1.82, 2.24) is 5.32 Å². The molecule has 1 rings (SSSR count). The molecule has 21 heavy (non-hydrogen) atoms. The van der Waals surface area contributed by atoms with Gasteiger partial charge in [0.05, 0.1) is 12.1 Å². The maximum Gasteiger partial charge on any atom is 0.408 e. The van der Waals surface area contributed by atoms with Crippen LogP contribution >= 0.6 is 15.9 Å². The van der Waals surface area contributed by atoms with Gasteiger partial charge in [-0.3, -0.25) is 0 Å². The van der Waals surface area contributed by atoms with Crippen molar-refractivity contribution in [3.63, 3.8) is 0 Å². The summed E-state index contributed by atoms with van der Waals surface area (Å²) in [7, 11) is 0. The number of amides is 1. The summed E-state index contributed by atoms with van der Waals surface area (Å²) in [5.41, 5.74) is -0.555. The highest BCUT2D eigenvalue weighted by molar-refractivity contribution is 9.09. The number of halogens is 1. The van der Waals surface area contributed by atoms with E-state index in [4.69, 9.17) is 4.74 Å². The Bertz CT molecular complexity index is 348. The van der Waals surface area contributed by atoms with Crippen LogP contribution < -0.4 is 5.32 Å². The number of nitrogens with one attached hydrogen (secondary N) is 1. The molecule has 0 aromatic carbocycles. The van der Waals surface area contributed by atoms with Crippen LogP contribution in [-0.4, -0.2) is 33.8 Å². The molecule has 0 bridgehead atoms. The Balaban J connectivity index is 2.70. The van der Waals surface area contributed by atoms with Crippen LogP contribution in [0, 0.1) is 5.92 Å². The Labute approximate surface area is 136 Å². The summed E-state index contributed by atoms with van der Waals surface area (Å²) in [6, 6.07) is -0.430. The van der Waals surface area contributed by atoms with E-state index >= 15 is 0 Å². The predicted octanol–water partition coefficient (Wildman–Crippen LogP) is 3.77. The van der Waals surface area contributed by atoms with E-state index in [1.165, 1.54) is 25.3 Å². The van der Waals surface area contributed by atoms with E-state index in [-0.39, 0.29) is 4.83 Å². The first kappa shape index (κ1) is 18.5. The largest absolute Gasteiger partial charge is 0.444 e. The minimum Gasteiger partial charge on any atom is -0.444 e. The van der Waals surface area contributed by atoms with E-state index in [9.17, 15) is 9.90 Å². The third-order valence-corrected chi connectivity index (χ3v) is 5.05. The van der Waals surface area contributed by atoms with Crippen molar-refractivity contribution in [1.29, 1.82) is 0 Å². The van der Waals surface area contributed by atoms with E-state index < -0.39 is 23.8 Å². The second-order valence-corrected chi connectivity index (χ2v) is 7.80. The van der Waals surface area contributed by atoms with Gasteiger partial charge in [0.1, 0.15) is 5.60 Å². The van der Waals surface area contributed by atoms with Gasteiger partial charge < -0.3 is 15.2 Å². The Morgan fingerprint density at radius 1 is 1.38 bits per heavy atom. The zero-order chi connectivity index (χ0) is 16.0. The molecule has 1 aliphatic carbocycles. The van der Waals surface area contributed by atoms with Crippen molar-refractivity contribution in [2.24, 2.45) is 5.92 Å². The molecule has 0 unspecified atom stereocenters. The average Bonchev–Trinajstić information content (AvgIpc) is 2.42. The molecule has 0 heterocycles. The molecular weight excluding hydrogens is 334 g/mol. The minimum absolute atomic E-state index is 0.0123. The van der Waals surface area contributed by atoms with E-state index in [1.807, 2.05) is 20.8 Å². The molecule has 5 heteroatoms. The van der Waals surface area contributed by atoms with Crippen LogP contribution in [0.4, 0.5) is 4.79 Å². The van der Waals surface area contributed by atoms with Crippen LogP contribution in [-0.2, 0) is 4.74 Å². The SMILES string of the molecule is C=C[C@H](O)[C@@H](NC(=O)OC(C)(C)C)[C@@H](Br)C1CCCCC1. The van der Waals surface area contributed by atoms with Crippen molar-refractivity contribution in [2.75, 3.05) is 0 Å². The number of alkyl halides is 1. The van der Waals surface area contributed by atoms with Gasteiger partial charge in [-0.15, -0.1) is 6.58 Å². The lowest BCUT2D eigenvalue weighted by molar-refractivity contribution is 0.0441. The van der Waals surface area contributed by atoms with E-state index in [1.54, 1.807) is 0 Å². The number of aliphatic hydroxyl groups is 1. The maximum atomic E-state index is 12.0. The Kier molecular flexibility index (Phi) is 7.21. The second kappa shape index (κ2) is 8.18. The van der Waals surface area contributed by atoms with Crippen molar-refractivity contribution in [3.05, 3.63) is 12.7 Å². The lowest BCUT2D eigenvalue weighted by Crippen LogP contribution is -2.51. The van der Waals surface area contributed by atoms with E-state index in [2.05, 4.69) is 27.8 Å². The molecule has 0 aliphatic heterocycles. The van der Waals surface area contributed by atoms with Gasteiger partial charge in [0.2, 0.25) is 0 Å². The maximum absolute atomic E-state index is 12.0. The molecule has 3 atom stereocenters. The summed E-state index contributed by atoms with van der Waals surface area (Å²) in [6.07, 6.45) is 6.06.